The normalized spacial score (nSPS) is 18.0. The highest BCUT2D eigenvalue weighted by atomic mass is 32.1. The zero-order valence-corrected chi connectivity index (χ0v) is 22.0. The summed E-state index contributed by atoms with van der Waals surface area (Å²) in [6, 6.07) is 17.3. The first-order chi connectivity index (χ1) is 18.3. The second-order valence-corrected chi connectivity index (χ2v) is 11.2. The predicted molar refractivity (Wildman–Crippen MR) is 148 cm³/mol. The fraction of sp³-hybridized carbons (Fsp3) is 0.276. The van der Waals surface area contributed by atoms with Crippen molar-refractivity contribution in [2.75, 3.05) is 26.4 Å². The Morgan fingerprint density at radius 1 is 1.08 bits per heavy atom. The lowest BCUT2D eigenvalue weighted by Crippen LogP contribution is -2.26. The third kappa shape index (κ3) is 4.55. The van der Waals surface area contributed by atoms with Crippen molar-refractivity contribution in [1.29, 1.82) is 0 Å². The summed E-state index contributed by atoms with van der Waals surface area (Å²) in [5, 5.41) is 6.54. The van der Waals surface area contributed by atoms with Gasteiger partial charge in [-0.1, -0.05) is 18.2 Å². The Labute approximate surface area is 223 Å². The molecule has 37 heavy (non-hydrogen) atoms. The van der Waals surface area contributed by atoms with Crippen molar-refractivity contribution >= 4 is 32.8 Å². The van der Waals surface area contributed by atoms with Gasteiger partial charge in [-0.05, 0) is 41.3 Å². The molecule has 0 N–H and O–H groups in total. The summed E-state index contributed by atoms with van der Waals surface area (Å²) < 4.78 is 22.0. The topological polar surface area (TPSA) is 48.8 Å². The van der Waals surface area contributed by atoms with Gasteiger partial charge in [0, 0.05) is 70.7 Å². The molecule has 7 rings (SSSR count). The van der Waals surface area contributed by atoms with Crippen molar-refractivity contribution < 1.29 is 14.2 Å². The number of aromatic nitrogens is 2. The number of rotatable bonds is 6. The molecule has 5 aromatic rings. The molecule has 188 valence electrons. The molecule has 0 spiro atoms. The average Bonchev–Trinajstić information content (AvgIpc) is 3.71. The van der Waals surface area contributed by atoms with E-state index in [2.05, 4.69) is 74.6 Å². The molecule has 0 radical (unpaired) electrons. The number of thiazole rings is 1. The second kappa shape index (κ2) is 9.95. The minimum atomic E-state index is 0.0584. The predicted octanol–water partition coefficient (Wildman–Crippen LogP) is 6.38. The Morgan fingerprint density at radius 3 is 2.95 bits per heavy atom. The molecule has 1 unspecified atom stereocenters. The van der Waals surface area contributed by atoms with Gasteiger partial charge < -0.3 is 14.2 Å². The fourth-order valence-corrected chi connectivity index (χ4v) is 6.83. The molecule has 1 atom stereocenters. The molecule has 8 heteroatoms. The van der Waals surface area contributed by atoms with Crippen molar-refractivity contribution in [2.45, 2.75) is 25.6 Å². The van der Waals surface area contributed by atoms with Crippen LogP contribution in [0.4, 0.5) is 0 Å². The highest BCUT2D eigenvalue weighted by Crippen LogP contribution is 2.42. The minimum Gasteiger partial charge on any atom is -0.488 e. The minimum absolute atomic E-state index is 0.0584. The first-order valence-electron chi connectivity index (χ1n) is 12.6. The average molecular weight is 530 g/mol. The van der Waals surface area contributed by atoms with Gasteiger partial charge in [-0.3, -0.25) is 9.47 Å². The summed E-state index contributed by atoms with van der Waals surface area (Å²) in [5.74, 6) is 1.69. The van der Waals surface area contributed by atoms with E-state index >= 15 is 0 Å². The van der Waals surface area contributed by atoms with E-state index in [1.165, 1.54) is 26.9 Å². The number of fused-ring (bicyclic) bond motifs is 2. The summed E-state index contributed by atoms with van der Waals surface area (Å²) >= 11 is 3.43. The number of ether oxygens (including phenoxy) is 3. The summed E-state index contributed by atoms with van der Waals surface area (Å²) in [5.41, 5.74) is 4.79. The van der Waals surface area contributed by atoms with Crippen molar-refractivity contribution in [2.24, 2.45) is 0 Å². The molecular weight excluding hydrogens is 502 g/mol. The molecular formula is C29H27N3O3S2. The zero-order chi connectivity index (χ0) is 24.6. The van der Waals surface area contributed by atoms with Gasteiger partial charge in [-0.2, -0.15) is 0 Å². The first-order valence-corrected chi connectivity index (χ1v) is 14.4. The van der Waals surface area contributed by atoms with Crippen LogP contribution in [0.3, 0.4) is 0 Å². The Morgan fingerprint density at radius 2 is 2.05 bits per heavy atom. The van der Waals surface area contributed by atoms with E-state index in [9.17, 15) is 0 Å². The molecule has 1 saturated heterocycles. The molecule has 0 amide bonds. The van der Waals surface area contributed by atoms with Crippen LogP contribution in [0.2, 0.25) is 0 Å². The maximum atomic E-state index is 6.51. The summed E-state index contributed by atoms with van der Waals surface area (Å²) in [6.45, 7) is 4.42. The molecule has 2 aliphatic rings. The summed E-state index contributed by atoms with van der Waals surface area (Å²) in [4.78, 5) is 6.95. The van der Waals surface area contributed by atoms with Crippen LogP contribution in [0.15, 0.2) is 71.7 Å². The van der Waals surface area contributed by atoms with Crippen molar-refractivity contribution in [1.82, 2.24) is 14.5 Å². The van der Waals surface area contributed by atoms with Crippen LogP contribution in [0.1, 0.15) is 17.7 Å². The quantitative estimate of drug-likeness (QED) is 0.256. The summed E-state index contributed by atoms with van der Waals surface area (Å²) in [6.07, 6.45) is 4.90. The molecule has 1 fully saturated rings. The second-order valence-electron chi connectivity index (χ2n) is 9.45. The fourth-order valence-electron chi connectivity index (χ4n) is 5.20. The van der Waals surface area contributed by atoms with Crippen LogP contribution in [-0.4, -0.2) is 46.9 Å². The van der Waals surface area contributed by atoms with Crippen LogP contribution in [-0.2, 0) is 17.8 Å². The van der Waals surface area contributed by atoms with Gasteiger partial charge in [0.15, 0.2) is 16.6 Å². The Kier molecular flexibility index (Phi) is 6.18. The smallest absolute Gasteiger partial charge is 0.193 e. The molecule has 2 aromatic carbocycles. The molecule has 0 saturated carbocycles. The standard InChI is InChI=1S/C29H27N3O3S2/c1-2-6-27-24(5-1)25(19-37-27)20-14-21-16-31(17-22-4-3-9-32(22)29-30-8-13-36-29)10-12-34-28(21)26(15-20)35-23-7-11-33-18-23/h1-6,8-9,13-15,19,23H,7,10-12,16-18H2. The highest BCUT2D eigenvalue weighted by Gasteiger charge is 2.25. The Hall–Kier alpha value is -3.17. The van der Waals surface area contributed by atoms with Gasteiger partial charge in [0.05, 0.1) is 13.2 Å². The Bertz CT molecular complexity index is 1520. The first kappa shape index (κ1) is 23.0. The lowest BCUT2D eigenvalue weighted by atomic mass is 10.0. The van der Waals surface area contributed by atoms with Crippen LogP contribution in [0.5, 0.6) is 11.5 Å². The highest BCUT2D eigenvalue weighted by molar-refractivity contribution is 7.17. The number of hydrogen-bond acceptors (Lipinski definition) is 7. The van der Waals surface area contributed by atoms with E-state index in [-0.39, 0.29) is 6.10 Å². The van der Waals surface area contributed by atoms with Crippen molar-refractivity contribution in [3.05, 3.63) is 82.9 Å². The van der Waals surface area contributed by atoms with Crippen molar-refractivity contribution in [3.63, 3.8) is 0 Å². The van der Waals surface area contributed by atoms with E-state index in [4.69, 9.17) is 14.2 Å². The van der Waals surface area contributed by atoms with Crippen LogP contribution >= 0.6 is 22.7 Å². The van der Waals surface area contributed by atoms with Crippen molar-refractivity contribution in [3.8, 4) is 27.8 Å². The van der Waals surface area contributed by atoms with Crippen LogP contribution in [0, 0.1) is 0 Å². The lowest BCUT2D eigenvalue weighted by Gasteiger charge is -2.21. The van der Waals surface area contributed by atoms with Gasteiger partial charge in [-0.25, -0.2) is 4.98 Å². The van der Waals surface area contributed by atoms with E-state index in [1.54, 1.807) is 22.7 Å². The zero-order valence-electron chi connectivity index (χ0n) is 20.3. The van der Waals surface area contributed by atoms with E-state index in [0.717, 1.165) is 54.9 Å². The van der Waals surface area contributed by atoms with Gasteiger partial charge in [0.25, 0.3) is 0 Å². The molecule has 0 aliphatic carbocycles. The van der Waals surface area contributed by atoms with Gasteiger partial charge in [0.1, 0.15) is 12.7 Å². The van der Waals surface area contributed by atoms with E-state index in [1.807, 2.05) is 11.6 Å². The van der Waals surface area contributed by atoms with Gasteiger partial charge >= 0.3 is 0 Å². The number of nitrogens with zero attached hydrogens (tertiary/aromatic N) is 3. The van der Waals surface area contributed by atoms with E-state index < -0.39 is 0 Å². The molecule has 3 aromatic heterocycles. The largest absolute Gasteiger partial charge is 0.488 e. The summed E-state index contributed by atoms with van der Waals surface area (Å²) in [7, 11) is 0. The Balaban J connectivity index is 1.25. The van der Waals surface area contributed by atoms with Crippen LogP contribution < -0.4 is 9.47 Å². The maximum Gasteiger partial charge on any atom is 0.193 e. The van der Waals surface area contributed by atoms with Crippen LogP contribution in [0.25, 0.3) is 26.3 Å². The third-order valence-electron chi connectivity index (χ3n) is 7.00. The molecule has 0 bridgehead atoms. The van der Waals surface area contributed by atoms with E-state index in [0.29, 0.717) is 13.2 Å². The number of thiophene rings is 1. The number of hydrogen-bond donors (Lipinski definition) is 0. The molecule has 2 aliphatic heterocycles. The maximum absolute atomic E-state index is 6.51. The number of benzene rings is 2. The SMILES string of the molecule is c1ccc2c(-c3cc4c(c(OC5CCOC5)c3)OCCN(Cc3cccn3-c3nccs3)C4)csc2c1. The van der Waals surface area contributed by atoms with Gasteiger partial charge in [-0.15, -0.1) is 22.7 Å². The monoisotopic (exact) mass is 529 g/mol. The molecule has 5 heterocycles. The molecule has 6 nitrogen and oxygen atoms in total. The third-order valence-corrected chi connectivity index (χ3v) is 8.73. The lowest BCUT2D eigenvalue weighted by molar-refractivity contribution is 0.137. The van der Waals surface area contributed by atoms with Gasteiger partial charge in [0.2, 0.25) is 0 Å².